The van der Waals surface area contributed by atoms with E-state index in [1.807, 2.05) is 6.92 Å². The molecule has 1 rings (SSSR count). The van der Waals surface area contributed by atoms with Gasteiger partial charge in [0.2, 0.25) is 0 Å². The summed E-state index contributed by atoms with van der Waals surface area (Å²) in [7, 11) is 0. The number of nitrogens with zero attached hydrogens (tertiary/aromatic N) is 1. The van der Waals surface area contributed by atoms with Crippen molar-refractivity contribution in [2.45, 2.75) is 38.8 Å². The van der Waals surface area contributed by atoms with Crippen LogP contribution in [-0.4, -0.2) is 52.8 Å². The molecule has 6 nitrogen and oxygen atoms in total. The highest BCUT2D eigenvalue weighted by atomic mass is 16.6. The van der Waals surface area contributed by atoms with Crippen molar-refractivity contribution in [2.24, 2.45) is 0 Å². The van der Waals surface area contributed by atoms with Crippen molar-refractivity contribution in [1.82, 2.24) is 10.2 Å². The Morgan fingerprint density at radius 2 is 1.94 bits per heavy atom. The zero-order valence-electron chi connectivity index (χ0n) is 10.7. The highest BCUT2D eigenvalue weighted by Gasteiger charge is 2.51. The maximum Gasteiger partial charge on any atom is 0.410 e. The first kappa shape index (κ1) is 13.8. The lowest BCUT2D eigenvalue weighted by Gasteiger charge is -2.47. The topological polar surface area (TPSA) is 78.9 Å². The van der Waals surface area contributed by atoms with E-state index < -0.39 is 23.2 Å². The molecule has 1 saturated heterocycles. The Hall–Kier alpha value is -1.30. The van der Waals surface area contributed by atoms with Crippen molar-refractivity contribution in [3.05, 3.63) is 0 Å². The number of nitrogens with one attached hydrogen (secondary N) is 1. The molecule has 17 heavy (non-hydrogen) atoms. The van der Waals surface area contributed by atoms with Crippen LogP contribution in [0.5, 0.6) is 0 Å². The Labute approximate surface area is 101 Å². The maximum atomic E-state index is 11.6. The standard InChI is InChI=1S/C11H20N2O4/c1-5-12-11(8(14)15)6-13(7-11)9(16)17-10(2,3)4/h12H,5-7H2,1-4H3,(H,14,15). The van der Waals surface area contributed by atoms with Crippen LogP contribution in [0.25, 0.3) is 0 Å². The average molecular weight is 244 g/mol. The van der Waals surface area contributed by atoms with E-state index in [1.165, 1.54) is 4.90 Å². The largest absolute Gasteiger partial charge is 0.480 e. The molecule has 0 spiro atoms. The number of rotatable bonds is 3. The predicted octanol–water partition coefficient (Wildman–Crippen LogP) is 0.670. The Kier molecular flexibility index (Phi) is 3.66. The first-order chi connectivity index (χ1) is 7.70. The number of ether oxygens (including phenoxy) is 1. The number of amides is 1. The van der Waals surface area contributed by atoms with E-state index in [2.05, 4.69) is 5.32 Å². The lowest BCUT2D eigenvalue weighted by Crippen LogP contribution is -2.74. The van der Waals surface area contributed by atoms with Crippen LogP contribution in [0.15, 0.2) is 0 Å². The number of carboxylic acid groups (broad SMARTS) is 1. The van der Waals surface area contributed by atoms with Gasteiger partial charge in [-0.1, -0.05) is 6.92 Å². The maximum absolute atomic E-state index is 11.6. The Bertz CT molecular complexity index is 316. The van der Waals surface area contributed by atoms with Gasteiger partial charge >= 0.3 is 12.1 Å². The number of likely N-dealkylation sites (tertiary alicyclic amines) is 1. The van der Waals surface area contributed by atoms with Crippen molar-refractivity contribution in [3.63, 3.8) is 0 Å². The Morgan fingerprint density at radius 3 is 2.29 bits per heavy atom. The van der Waals surface area contributed by atoms with Gasteiger partial charge in [0, 0.05) is 0 Å². The van der Waals surface area contributed by atoms with E-state index in [1.54, 1.807) is 20.8 Å². The molecule has 2 N–H and O–H groups in total. The molecule has 0 atom stereocenters. The number of carbonyl (C=O) groups is 2. The van der Waals surface area contributed by atoms with Crippen LogP contribution in [0.1, 0.15) is 27.7 Å². The summed E-state index contributed by atoms with van der Waals surface area (Å²) in [5, 5.41) is 12.0. The number of carbonyl (C=O) groups excluding carboxylic acids is 1. The van der Waals surface area contributed by atoms with Crippen molar-refractivity contribution in [3.8, 4) is 0 Å². The van der Waals surface area contributed by atoms with E-state index >= 15 is 0 Å². The molecule has 1 aliphatic rings. The van der Waals surface area contributed by atoms with Crippen LogP contribution >= 0.6 is 0 Å². The van der Waals surface area contributed by atoms with Crippen LogP contribution in [-0.2, 0) is 9.53 Å². The van der Waals surface area contributed by atoms with Gasteiger partial charge in [0.25, 0.3) is 0 Å². The third kappa shape index (κ3) is 3.09. The number of aliphatic carboxylic acids is 1. The summed E-state index contributed by atoms with van der Waals surface area (Å²) in [4.78, 5) is 24.1. The van der Waals surface area contributed by atoms with Gasteiger partial charge in [-0.05, 0) is 27.3 Å². The molecule has 1 fully saturated rings. The molecule has 0 radical (unpaired) electrons. The predicted molar refractivity (Wildman–Crippen MR) is 61.9 cm³/mol. The summed E-state index contributed by atoms with van der Waals surface area (Å²) in [5.41, 5.74) is -1.57. The van der Waals surface area contributed by atoms with Gasteiger partial charge in [-0.15, -0.1) is 0 Å². The second-order valence-corrected chi connectivity index (χ2v) is 5.25. The summed E-state index contributed by atoms with van der Waals surface area (Å²) in [6.45, 7) is 8.00. The van der Waals surface area contributed by atoms with Gasteiger partial charge in [0.05, 0.1) is 13.1 Å². The molecule has 1 aliphatic heterocycles. The van der Waals surface area contributed by atoms with Crippen LogP contribution < -0.4 is 5.32 Å². The minimum absolute atomic E-state index is 0.144. The van der Waals surface area contributed by atoms with Gasteiger partial charge in [-0.3, -0.25) is 10.1 Å². The molecule has 0 aliphatic carbocycles. The van der Waals surface area contributed by atoms with Crippen molar-refractivity contribution in [2.75, 3.05) is 19.6 Å². The smallest absolute Gasteiger partial charge is 0.410 e. The zero-order valence-corrected chi connectivity index (χ0v) is 10.7. The molecule has 0 saturated carbocycles. The van der Waals surface area contributed by atoms with Crippen LogP contribution in [0.3, 0.4) is 0 Å². The summed E-state index contributed by atoms with van der Waals surface area (Å²) in [6.07, 6.45) is -0.465. The van der Waals surface area contributed by atoms with Crippen molar-refractivity contribution >= 4 is 12.1 Å². The molecule has 0 aromatic heterocycles. The number of carboxylic acids is 1. The SMILES string of the molecule is CCNC1(C(=O)O)CN(C(=O)OC(C)(C)C)C1. The number of likely N-dealkylation sites (N-methyl/N-ethyl adjacent to an activating group) is 1. The van der Waals surface area contributed by atoms with Crippen molar-refractivity contribution in [1.29, 1.82) is 0 Å². The molecule has 1 heterocycles. The summed E-state index contributed by atoms with van der Waals surface area (Å²) < 4.78 is 5.16. The third-order valence-electron chi connectivity index (χ3n) is 2.50. The van der Waals surface area contributed by atoms with Gasteiger partial charge < -0.3 is 14.7 Å². The highest BCUT2D eigenvalue weighted by Crippen LogP contribution is 2.23. The molecule has 0 unspecified atom stereocenters. The molecule has 1 amide bonds. The van der Waals surface area contributed by atoms with E-state index in [4.69, 9.17) is 9.84 Å². The molecule has 0 aromatic carbocycles. The van der Waals surface area contributed by atoms with E-state index in [-0.39, 0.29) is 13.1 Å². The minimum atomic E-state index is -1.01. The summed E-state index contributed by atoms with van der Waals surface area (Å²) >= 11 is 0. The lowest BCUT2D eigenvalue weighted by molar-refractivity contribution is -0.152. The number of hydrogen-bond donors (Lipinski definition) is 2. The fourth-order valence-corrected chi connectivity index (χ4v) is 1.72. The Balaban J connectivity index is 2.54. The fourth-order valence-electron chi connectivity index (χ4n) is 1.72. The van der Waals surface area contributed by atoms with Gasteiger partial charge in [-0.25, -0.2) is 4.79 Å². The highest BCUT2D eigenvalue weighted by molar-refractivity contribution is 5.84. The molecule has 98 valence electrons. The van der Waals surface area contributed by atoms with E-state index in [9.17, 15) is 9.59 Å². The normalized spacial score (nSPS) is 18.5. The second-order valence-electron chi connectivity index (χ2n) is 5.25. The number of hydrogen-bond acceptors (Lipinski definition) is 4. The van der Waals surface area contributed by atoms with Crippen LogP contribution in [0, 0.1) is 0 Å². The van der Waals surface area contributed by atoms with E-state index in [0.717, 1.165) is 0 Å². The molecule has 0 aromatic rings. The first-order valence-electron chi connectivity index (χ1n) is 5.66. The first-order valence-corrected chi connectivity index (χ1v) is 5.66. The van der Waals surface area contributed by atoms with Crippen molar-refractivity contribution < 1.29 is 19.4 Å². The zero-order chi connectivity index (χ0) is 13.3. The van der Waals surface area contributed by atoms with Gasteiger partial charge in [-0.2, -0.15) is 0 Å². The van der Waals surface area contributed by atoms with Gasteiger partial charge in [0.1, 0.15) is 5.60 Å². The Morgan fingerprint density at radius 1 is 1.41 bits per heavy atom. The average Bonchev–Trinajstić information content (AvgIpc) is 2.06. The third-order valence-corrected chi connectivity index (χ3v) is 2.50. The summed E-state index contributed by atoms with van der Waals surface area (Å²) in [5.74, 6) is -0.931. The molecular formula is C11H20N2O4. The second kappa shape index (κ2) is 4.52. The minimum Gasteiger partial charge on any atom is -0.480 e. The fraction of sp³-hybridized carbons (Fsp3) is 0.818. The van der Waals surface area contributed by atoms with Crippen LogP contribution in [0.2, 0.25) is 0 Å². The van der Waals surface area contributed by atoms with E-state index in [0.29, 0.717) is 6.54 Å². The van der Waals surface area contributed by atoms with Crippen LogP contribution in [0.4, 0.5) is 4.79 Å². The lowest BCUT2D eigenvalue weighted by atomic mass is 9.90. The molecule has 6 heteroatoms. The molecular weight excluding hydrogens is 224 g/mol. The monoisotopic (exact) mass is 244 g/mol. The van der Waals surface area contributed by atoms with Gasteiger partial charge in [0.15, 0.2) is 5.54 Å². The molecule has 0 bridgehead atoms. The summed E-state index contributed by atoms with van der Waals surface area (Å²) in [6, 6.07) is 0. The quantitative estimate of drug-likeness (QED) is 0.763.